The van der Waals surface area contributed by atoms with Crippen LogP contribution in [-0.4, -0.2) is 34.1 Å². The van der Waals surface area contributed by atoms with Crippen LogP contribution in [0.5, 0.6) is 23.0 Å². The van der Waals surface area contributed by atoms with Gasteiger partial charge in [-0.2, -0.15) is 0 Å². The van der Waals surface area contributed by atoms with E-state index < -0.39 is 5.97 Å². The van der Waals surface area contributed by atoms with Crippen LogP contribution in [0.3, 0.4) is 0 Å². The number of hydrogen-bond acceptors (Lipinski definition) is 6. The molecule has 4 rings (SSSR count). The summed E-state index contributed by atoms with van der Waals surface area (Å²) in [6, 6.07) is 16.0. The second-order valence-electron chi connectivity index (χ2n) is 6.92. The maximum atomic E-state index is 11.6. The Hall–Kier alpha value is -4.55. The van der Waals surface area contributed by atoms with Gasteiger partial charge in [0.05, 0.1) is 26.9 Å². The average Bonchev–Trinajstić information content (AvgIpc) is 3.32. The smallest absolute Gasteiger partial charge is 0.337 e. The number of methoxy groups -OCH3 is 3. The highest BCUT2D eigenvalue weighted by atomic mass is 16.7. The van der Waals surface area contributed by atoms with Crippen molar-refractivity contribution < 1.29 is 28.5 Å². The van der Waals surface area contributed by atoms with Crippen molar-refractivity contribution in [2.24, 2.45) is 0 Å². The molecular weight excluding hydrogens is 420 g/mol. The van der Waals surface area contributed by atoms with Crippen LogP contribution in [0.1, 0.15) is 32.6 Å². The van der Waals surface area contributed by atoms with E-state index in [9.17, 15) is 4.79 Å². The molecule has 33 heavy (non-hydrogen) atoms. The van der Waals surface area contributed by atoms with Gasteiger partial charge in [-0.15, -0.1) is 0 Å². The summed E-state index contributed by atoms with van der Waals surface area (Å²) >= 11 is 0. The fourth-order valence-corrected chi connectivity index (χ4v) is 3.11. The molecular formula is C27H20O6. The topological polar surface area (TPSA) is 63.2 Å². The molecule has 0 spiro atoms. The zero-order valence-corrected chi connectivity index (χ0v) is 18.4. The lowest BCUT2D eigenvalue weighted by Gasteiger charge is -2.05. The van der Waals surface area contributed by atoms with Gasteiger partial charge in [0.1, 0.15) is 11.5 Å². The Labute approximate surface area is 192 Å². The third kappa shape index (κ3) is 5.03. The summed E-state index contributed by atoms with van der Waals surface area (Å²) in [6.45, 7) is 0.154. The van der Waals surface area contributed by atoms with Gasteiger partial charge >= 0.3 is 5.97 Å². The highest BCUT2D eigenvalue weighted by Crippen LogP contribution is 2.34. The molecule has 0 bridgehead atoms. The molecule has 1 heterocycles. The molecule has 164 valence electrons. The lowest BCUT2D eigenvalue weighted by Crippen LogP contribution is -2.00. The predicted molar refractivity (Wildman–Crippen MR) is 122 cm³/mol. The van der Waals surface area contributed by atoms with E-state index in [4.69, 9.17) is 23.7 Å². The molecule has 0 saturated heterocycles. The van der Waals surface area contributed by atoms with Crippen molar-refractivity contribution in [2.75, 3.05) is 28.1 Å². The van der Waals surface area contributed by atoms with Crippen molar-refractivity contribution in [1.29, 1.82) is 0 Å². The minimum Gasteiger partial charge on any atom is -0.497 e. The van der Waals surface area contributed by atoms with E-state index >= 15 is 0 Å². The van der Waals surface area contributed by atoms with E-state index in [2.05, 4.69) is 23.7 Å². The van der Waals surface area contributed by atoms with Crippen LogP contribution in [0.4, 0.5) is 0 Å². The van der Waals surface area contributed by atoms with Gasteiger partial charge in [-0.05, 0) is 36.4 Å². The van der Waals surface area contributed by atoms with Crippen LogP contribution in [-0.2, 0) is 4.74 Å². The molecule has 1 aliphatic heterocycles. The number of esters is 1. The van der Waals surface area contributed by atoms with Crippen molar-refractivity contribution in [1.82, 2.24) is 0 Å². The first-order valence-corrected chi connectivity index (χ1v) is 9.98. The van der Waals surface area contributed by atoms with E-state index in [1.807, 2.05) is 24.3 Å². The van der Waals surface area contributed by atoms with Crippen molar-refractivity contribution in [3.63, 3.8) is 0 Å². The molecule has 0 aromatic heterocycles. The van der Waals surface area contributed by atoms with Gasteiger partial charge in [-0.3, -0.25) is 0 Å². The zero-order valence-electron chi connectivity index (χ0n) is 18.4. The standard InChI is InChI=1S/C27H20O6/c1-29-23-12-19(13-24(16-23)30-2)7-11-22-15-26-25(32-17-33-26)14-21(22)10-6-18-4-8-20(9-5-18)27(28)31-3/h4-5,8-9,12-16H,17H2,1-3H3. The Kier molecular flexibility index (Phi) is 6.38. The highest BCUT2D eigenvalue weighted by Gasteiger charge is 2.16. The number of benzene rings is 3. The van der Waals surface area contributed by atoms with E-state index in [0.717, 1.165) is 11.1 Å². The Bertz CT molecular complexity index is 1290. The van der Waals surface area contributed by atoms with Crippen molar-refractivity contribution in [3.8, 4) is 46.7 Å². The molecule has 0 N–H and O–H groups in total. The second kappa shape index (κ2) is 9.72. The number of carbonyl (C=O) groups is 1. The normalized spacial score (nSPS) is 10.9. The summed E-state index contributed by atoms with van der Waals surface area (Å²) in [5, 5.41) is 0. The third-order valence-electron chi connectivity index (χ3n) is 4.85. The van der Waals surface area contributed by atoms with Gasteiger partial charge in [0.25, 0.3) is 0 Å². The highest BCUT2D eigenvalue weighted by molar-refractivity contribution is 5.89. The molecule has 0 aliphatic carbocycles. The molecule has 6 heteroatoms. The number of ether oxygens (including phenoxy) is 5. The summed E-state index contributed by atoms with van der Waals surface area (Å²) in [6.07, 6.45) is 0. The largest absolute Gasteiger partial charge is 0.497 e. The van der Waals surface area contributed by atoms with Crippen molar-refractivity contribution in [3.05, 3.63) is 82.4 Å². The fourth-order valence-electron chi connectivity index (χ4n) is 3.11. The Morgan fingerprint density at radius 2 is 1.27 bits per heavy atom. The number of hydrogen-bond donors (Lipinski definition) is 0. The summed E-state index contributed by atoms with van der Waals surface area (Å²) in [4.78, 5) is 11.6. The molecule has 0 radical (unpaired) electrons. The number of carbonyl (C=O) groups excluding carboxylic acids is 1. The lowest BCUT2D eigenvalue weighted by molar-refractivity contribution is 0.0600. The SMILES string of the molecule is COC(=O)c1ccc(C#Cc2cc3c(cc2C#Cc2cc(OC)cc(OC)c2)OCO3)cc1. The van der Waals surface area contributed by atoms with Gasteiger partial charge in [0.2, 0.25) is 6.79 Å². The van der Waals surface area contributed by atoms with Crippen molar-refractivity contribution in [2.45, 2.75) is 0 Å². The van der Waals surface area contributed by atoms with Crippen molar-refractivity contribution >= 4 is 5.97 Å². The Balaban J connectivity index is 1.70. The Morgan fingerprint density at radius 1 is 0.727 bits per heavy atom. The summed E-state index contributed by atoms with van der Waals surface area (Å²) in [5.74, 6) is 14.7. The molecule has 3 aromatic rings. The molecule has 3 aromatic carbocycles. The minimum atomic E-state index is -0.392. The maximum Gasteiger partial charge on any atom is 0.337 e. The zero-order chi connectivity index (χ0) is 23.2. The van der Waals surface area contributed by atoms with Crippen LogP contribution in [0.15, 0.2) is 54.6 Å². The van der Waals surface area contributed by atoms with Crippen LogP contribution in [0, 0.1) is 23.7 Å². The summed E-state index contributed by atoms with van der Waals surface area (Å²) in [5.41, 5.74) is 3.34. The van der Waals surface area contributed by atoms with Gasteiger partial charge in [0.15, 0.2) is 11.5 Å². The van der Waals surface area contributed by atoms with E-state index in [0.29, 0.717) is 39.7 Å². The minimum absolute atomic E-state index is 0.154. The predicted octanol–water partition coefficient (Wildman–Crippen LogP) is 4.02. The first-order valence-electron chi connectivity index (χ1n) is 9.98. The molecule has 0 saturated carbocycles. The van der Waals surface area contributed by atoms with Gasteiger partial charge < -0.3 is 23.7 Å². The number of fused-ring (bicyclic) bond motifs is 1. The van der Waals surface area contributed by atoms with Crippen LogP contribution < -0.4 is 18.9 Å². The maximum absolute atomic E-state index is 11.6. The molecule has 0 amide bonds. The van der Waals surface area contributed by atoms with Crippen LogP contribution >= 0.6 is 0 Å². The van der Waals surface area contributed by atoms with Gasteiger partial charge in [-0.25, -0.2) is 4.79 Å². The van der Waals surface area contributed by atoms with Crippen LogP contribution in [0.25, 0.3) is 0 Å². The molecule has 0 atom stereocenters. The third-order valence-corrected chi connectivity index (χ3v) is 4.85. The van der Waals surface area contributed by atoms with E-state index in [-0.39, 0.29) is 6.79 Å². The molecule has 1 aliphatic rings. The average molecular weight is 440 g/mol. The molecule has 0 unspecified atom stereocenters. The van der Waals surface area contributed by atoms with Crippen LogP contribution in [0.2, 0.25) is 0 Å². The fraction of sp³-hybridized carbons (Fsp3) is 0.148. The van der Waals surface area contributed by atoms with E-state index in [1.165, 1.54) is 7.11 Å². The van der Waals surface area contributed by atoms with E-state index in [1.54, 1.807) is 44.6 Å². The quantitative estimate of drug-likeness (QED) is 0.453. The molecule has 6 nitrogen and oxygen atoms in total. The molecule has 0 fully saturated rings. The monoisotopic (exact) mass is 440 g/mol. The summed E-state index contributed by atoms with van der Waals surface area (Å²) in [7, 11) is 4.53. The second-order valence-corrected chi connectivity index (χ2v) is 6.92. The summed E-state index contributed by atoms with van der Waals surface area (Å²) < 4.78 is 26.4. The number of rotatable bonds is 3. The first kappa shape index (κ1) is 21.7. The van der Waals surface area contributed by atoms with Gasteiger partial charge in [0, 0.05) is 40.5 Å². The first-order chi connectivity index (χ1) is 16.1. The van der Waals surface area contributed by atoms with Gasteiger partial charge in [-0.1, -0.05) is 23.7 Å². The Morgan fingerprint density at radius 3 is 1.79 bits per heavy atom. The lowest BCUT2D eigenvalue weighted by atomic mass is 10.0.